The van der Waals surface area contributed by atoms with Crippen LogP contribution in [-0.4, -0.2) is 73.4 Å². The largest absolute Gasteiger partial charge is 0.388 e. The van der Waals surface area contributed by atoms with Gasteiger partial charge in [-0.15, -0.1) is 0 Å². The number of amides is 3. The summed E-state index contributed by atoms with van der Waals surface area (Å²) in [5.74, 6) is -1.94. The molecule has 6 N–H and O–H groups in total. The van der Waals surface area contributed by atoms with Crippen LogP contribution < -0.4 is 21.8 Å². The van der Waals surface area contributed by atoms with Gasteiger partial charge in [-0.2, -0.15) is 0 Å². The van der Waals surface area contributed by atoms with E-state index in [1.807, 2.05) is 63.2 Å². The number of hydrogen-bond donors (Lipinski definition) is 5. The number of benzene rings is 1. The predicted molar refractivity (Wildman–Crippen MR) is 155 cm³/mol. The van der Waals surface area contributed by atoms with E-state index in [0.29, 0.717) is 57.6 Å². The van der Waals surface area contributed by atoms with Crippen LogP contribution in [0.5, 0.6) is 0 Å². The number of likely N-dealkylation sites (N-methyl/N-ethyl adjacent to an activating group) is 1. The second kappa shape index (κ2) is 19.1. The average Bonchev–Trinajstić information content (AvgIpc) is 2.88. The molecule has 0 heterocycles. The van der Waals surface area contributed by atoms with E-state index < -0.39 is 23.8 Å². The van der Waals surface area contributed by atoms with Crippen molar-refractivity contribution in [2.75, 3.05) is 33.7 Å². The fourth-order valence-electron chi connectivity index (χ4n) is 4.52. The molecule has 0 radical (unpaired) electrons. The van der Waals surface area contributed by atoms with E-state index in [1.165, 1.54) is 0 Å². The molecular weight excluding hydrogens is 496 g/mol. The van der Waals surface area contributed by atoms with Crippen molar-refractivity contribution in [2.45, 2.75) is 71.8 Å². The lowest BCUT2D eigenvalue weighted by molar-refractivity contribution is -0.142. The molecule has 0 aliphatic carbocycles. The normalized spacial score (nSPS) is 14.1. The fourth-order valence-corrected chi connectivity index (χ4v) is 4.52. The van der Waals surface area contributed by atoms with Gasteiger partial charge in [0.2, 0.25) is 17.7 Å². The maximum absolute atomic E-state index is 13.6. The van der Waals surface area contributed by atoms with Gasteiger partial charge in [-0.25, -0.2) is 5.48 Å². The number of carbonyl (C=O) groups is 3. The van der Waals surface area contributed by atoms with E-state index in [2.05, 4.69) is 15.6 Å². The van der Waals surface area contributed by atoms with Crippen molar-refractivity contribution in [2.24, 2.45) is 28.5 Å². The highest BCUT2D eigenvalue weighted by Crippen LogP contribution is 2.27. The molecule has 1 aromatic carbocycles. The Kier molecular flexibility index (Phi) is 16.7. The topological polar surface area (TPSA) is 149 Å². The van der Waals surface area contributed by atoms with Gasteiger partial charge in [0, 0.05) is 25.6 Å². The Hall–Kier alpha value is -2.98. The first-order valence-electron chi connectivity index (χ1n) is 14.0. The van der Waals surface area contributed by atoms with Gasteiger partial charge < -0.3 is 21.3 Å². The van der Waals surface area contributed by atoms with Gasteiger partial charge in [-0.05, 0) is 77.4 Å². The van der Waals surface area contributed by atoms with E-state index >= 15 is 0 Å². The highest BCUT2D eigenvalue weighted by atomic mass is 16.5. The number of amidine groups is 1. The van der Waals surface area contributed by atoms with E-state index in [9.17, 15) is 19.6 Å². The Morgan fingerprint density at radius 1 is 0.974 bits per heavy atom. The molecule has 1 rings (SSSR count). The van der Waals surface area contributed by atoms with Crippen molar-refractivity contribution in [3.8, 4) is 0 Å². The number of rotatable bonds is 19. The molecule has 39 heavy (non-hydrogen) atoms. The fraction of sp³-hybridized carbons (Fsp3) is 0.655. The molecule has 0 bridgehead atoms. The zero-order chi connectivity index (χ0) is 29.2. The monoisotopic (exact) mass is 546 g/mol. The second-order valence-corrected chi connectivity index (χ2v) is 10.9. The van der Waals surface area contributed by atoms with Crippen LogP contribution in [0.25, 0.3) is 0 Å². The molecule has 10 nitrogen and oxygen atoms in total. The van der Waals surface area contributed by atoms with Crippen LogP contribution >= 0.6 is 0 Å². The van der Waals surface area contributed by atoms with E-state index in [4.69, 9.17) is 5.73 Å². The van der Waals surface area contributed by atoms with Crippen molar-refractivity contribution < 1.29 is 19.6 Å². The van der Waals surface area contributed by atoms with Crippen molar-refractivity contribution in [3.63, 3.8) is 0 Å². The van der Waals surface area contributed by atoms with E-state index in [1.54, 1.807) is 12.4 Å². The number of aliphatic imine (C=N–C) groups is 1. The van der Waals surface area contributed by atoms with Crippen molar-refractivity contribution >= 4 is 23.6 Å². The molecule has 0 spiro atoms. The van der Waals surface area contributed by atoms with Crippen molar-refractivity contribution in [1.82, 2.24) is 21.0 Å². The SMILES string of the molecule is CC(N)=NCCCC[C@H](NC(=O)[C@@H](CC(C)C)C(CCCc1ccccc1)C(=O)NO)C(=O)NCCN(C)C. The van der Waals surface area contributed by atoms with Crippen LogP contribution in [0.15, 0.2) is 35.3 Å². The zero-order valence-corrected chi connectivity index (χ0v) is 24.4. The van der Waals surface area contributed by atoms with Crippen LogP contribution in [0.4, 0.5) is 0 Å². The summed E-state index contributed by atoms with van der Waals surface area (Å²) in [7, 11) is 3.85. The maximum Gasteiger partial charge on any atom is 0.247 e. The molecule has 0 aliphatic rings. The first kappa shape index (κ1) is 34.0. The molecule has 220 valence electrons. The number of unbranched alkanes of at least 4 members (excludes halogenated alkanes) is 1. The summed E-state index contributed by atoms with van der Waals surface area (Å²) in [6, 6.07) is 9.21. The summed E-state index contributed by atoms with van der Waals surface area (Å²) in [4.78, 5) is 45.6. The third kappa shape index (κ3) is 14.7. The number of hydroxylamine groups is 1. The third-order valence-corrected chi connectivity index (χ3v) is 6.57. The molecule has 0 saturated heterocycles. The molecule has 0 aliphatic heterocycles. The first-order valence-corrected chi connectivity index (χ1v) is 14.0. The van der Waals surface area contributed by atoms with Gasteiger partial charge in [0.1, 0.15) is 6.04 Å². The Bertz CT molecular complexity index is 887. The summed E-state index contributed by atoms with van der Waals surface area (Å²) in [5.41, 5.74) is 8.52. The van der Waals surface area contributed by atoms with Gasteiger partial charge in [0.05, 0.1) is 11.8 Å². The minimum Gasteiger partial charge on any atom is -0.388 e. The van der Waals surface area contributed by atoms with Gasteiger partial charge in [-0.1, -0.05) is 44.2 Å². The number of carbonyl (C=O) groups excluding carboxylic acids is 3. The third-order valence-electron chi connectivity index (χ3n) is 6.57. The smallest absolute Gasteiger partial charge is 0.247 e. The van der Waals surface area contributed by atoms with Gasteiger partial charge in [-0.3, -0.25) is 24.6 Å². The summed E-state index contributed by atoms with van der Waals surface area (Å²) in [6.45, 7) is 7.40. The lowest BCUT2D eigenvalue weighted by Crippen LogP contribution is -2.51. The Morgan fingerprint density at radius 2 is 1.67 bits per heavy atom. The van der Waals surface area contributed by atoms with Crippen LogP contribution in [0, 0.1) is 17.8 Å². The zero-order valence-electron chi connectivity index (χ0n) is 24.4. The van der Waals surface area contributed by atoms with Crippen LogP contribution in [0.3, 0.4) is 0 Å². The number of nitrogens with two attached hydrogens (primary N) is 1. The molecule has 0 aromatic heterocycles. The van der Waals surface area contributed by atoms with Crippen LogP contribution in [-0.2, 0) is 20.8 Å². The van der Waals surface area contributed by atoms with Crippen LogP contribution in [0.1, 0.15) is 64.9 Å². The minimum atomic E-state index is -0.737. The lowest BCUT2D eigenvalue weighted by Gasteiger charge is -2.28. The highest BCUT2D eigenvalue weighted by molar-refractivity contribution is 5.91. The van der Waals surface area contributed by atoms with Gasteiger partial charge in [0.25, 0.3) is 0 Å². The average molecular weight is 547 g/mol. The summed E-state index contributed by atoms with van der Waals surface area (Å²) in [5, 5.41) is 15.3. The Morgan fingerprint density at radius 3 is 2.26 bits per heavy atom. The van der Waals surface area contributed by atoms with E-state index in [-0.39, 0.29) is 17.7 Å². The summed E-state index contributed by atoms with van der Waals surface area (Å²) < 4.78 is 0. The predicted octanol–water partition coefficient (Wildman–Crippen LogP) is 2.50. The maximum atomic E-state index is 13.6. The summed E-state index contributed by atoms with van der Waals surface area (Å²) in [6.07, 6.45) is 4.17. The molecule has 3 amide bonds. The van der Waals surface area contributed by atoms with E-state index in [0.717, 1.165) is 18.4 Å². The number of hydrogen-bond acceptors (Lipinski definition) is 6. The summed E-state index contributed by atoms with van der Waals surface area (Å²) >= 11 is 0. The van der Waals surface area contributed by atoms with Gasteiger partial charge >= 0.3 is 0 Å². The lowest BCUT2D eigenvalue weighted by atomic mass is 9.80. The molecule has 1 aromatic rings. The Labute approximate surface area is 234 Å². The van der Waals surface area contributed by atoms with Crippen LogP contribution in [0.2, 0.25) is 0 Å². The number of nitrogens with one attached hydrogen (secondary N) is 3. The second-order valence-electron chi connectivity index (χ2n) is 10.9. The molecule has 1 unspecified atom stereocenters. The number of nitrogens with zero attached hydrogens (tertiary/aromatic N) is 2. The molecule has 10 heteroatoms. The molecule has 0 fully saturated rings. The van der Waals surface area contributed by atoms with Crippen molar-refractivity contribution in [1.29, 1.82) is 0 Å². The molecule has 0 saturated carbocycles. The minimum absolute atomic E-state index is 0.133. The Balaban J connectivity index is 3.01. The molecular formula is C29H50N6O4. The van der Waals surface area contributed by atoms with Crippen molar-refractivity contribution in [3.05, 3.63) is 35.9 Å². The standard InChI is InChI=1S/C29H50N6O4/c1-21(2)20-25(24(28(37)34-39)15-11-14-23-12-7-6-8-13-23)27(36)33-26(16-9-10-17-31-22(3)30)29(38)32-18-19-35(4)5/h6-8,12-13,21,24-26,39H,9-11,14-20H2,1-5H3,(H2,30,31)(H,32,38)(H,33,36)(H,34,37)/t24?,25-,26-/m0/s1. The number of aryl methyl sites for hydroxylation is 1. The molecule has 3 atom stereocenters. The van der Waals surface area contributed by atoms with Gasteiger partial charge in [0.15, 0.2) is 0 Å². The highest BCUT2D eigenvalue weighted by Gasteiger charge is 2.35. The quantitative estimate of drug-likeness (QED) is 0.0592. The first-order chi connectivity index (χ1) is 18.5.